The van der Waals surface area contributed by atoms with Gasteiger partial charge in [-0.3, -0.25) is 4.79 Å². The second-order valence-electron chi connectivity index (χ2n) is 9.52. The van der Waals surface area contributed by atoms with E-state index in [1.807, 2.05) is 48.5 Å². The number of hydrogen-bond donors (Lipinski definition) is 1. The molecule has 0 bridgehead atoms. The Bertz CT molecular complexity index is 1300. The van der Waals surface area contributed by atoms with Gasteiger partial charge in [0, 0.05) is 22.2 Å². The molecule has 1 heterocycles. The van der Waals surface area contributed by atoms with E-state index in [1.54, 1.807) is 11.3 Å². The van der Waals surface area contributed by atoms with Crippen molar-refractivity contribution in [2.24, 2.45) is 0 Å². The molecule has 4 rings (SSSR count). The van der Waals surface area contributed by atoms with Crippen molar-refractivity contribution in [1.29, 1.82) is 0 Å². The number of thiazole rings is 1. The second kappa shape index (κ2) is 9.82. The number of rotatable bonds is 6. The number of nitrogens with zero attached hydrogens (tertiary/aromatic N) is 1. The van der Waals surface area contributed by atoms with Gasteiger partial charge in [0.05, 0.1) is 5.69 Å². The van der Waals surface area contributed by atoms with Crippen LogP contribution in [-0.4, -0.2) is 17.5 Å². The Morgan fingerprint density at radius 1 is 1.00 bits per heavy atom. The average Bonchev–Trinajstić information content (AvgIpc) is 3.28. The SMILES string of the molecule is Cc1ccc(OCC(=O)Nc2ccc(-c3csc(-c4ccccc4C)n3)cc2)c(C(C)(C)C)c1. The third kappa shape index (κ3) is 5.54. The summed E-state index contributed by atoms with van der Waals surface area (Å²) in [6.45, 7) is 10.5. The predicted octanol–water partition coefficient (Wildman–Crippen LogP) is 7.41. The number of ether oxygens (including phenoxy) is 1. The summed E-state index contributed by atoms with van der Waals surface area (Å²) in [5.41, 5.74) is 7.24. The molecule has 4 nitrogen and oxygen atoms in total. The number of amides is 1. The topological polar surface area (TPSA) is 51.2 Å². The number of aryl methyl sites for hydroxylation is 2. The van der Waals surface area contributed by atoms with Crippen molar-refractivity contribution in [3.8, 4) is 27.6 Å². The molecule has 0 unspecified atom stereocenters. The van der Waals surface area contributed by atoms with Gasteiger partial charge in [0.25, 0.3) is 5.91 Å². The summed E-state index contributed by atoms with van der Waals surface area (Å²) in [6, 6.07) is 22.1. The molecule has 0 fully saturated rings. The Hall–Kier alpha value is -3.44. The smallest absolute Gasteiger partial charge is 0.262 e. The van der Waals surface area contributed by atoms with Crippen molar-refractivity contribution in [3.05, 3.63) is 88.8 Å². The average molecular weight is 471 g/mol. The van der Waals surface area contributed by atoms with Crippen LogP contribution < -0.4 is 10.1 Å². The summed E-state index contributed by atoms with van der Waals surface area (Å²) in [5.74, 6) is 0.556. The third-order valence-corrected chi connectivity index (χ3v) is 6.52. The van der Waals surface area contributed by atoms with E-state index >= 15 is 0 Å². The summed E-state index contributed by atoms with van der Waals surface area (Å²) in [6.07, 6.45) is 0. The highest BCUT2D eigenvalue weighted by molar-refractivity contribution is 7.13. The Morgan fingerprint density at radius 3 is 2.44 bits per heavy atom. The largest absolute Gasteiger partial charge is 0.483 e. The molecule has 1 aromatic heterocycles. The maximum absolute atomic E-state index is 12.5. The quantitative estimate of drug-likeness (QED) is 0.319. The van der Waals surface area contributed by atoms with Crippen molar-refractivity contribution in [2.75, 3.05) is 11.9 Å². The van der Waals surface area contributed by atoms with Crippen LogP contribution in [0.5, 0.6) is 5.75 Å². The molecular weight excluding hydrogens is 440 g/mol. The normalized spacial score (nSPS) is 11.3. The highest BCUT2D eigenvalue weighted by atomic mass is 32.1. The zero-order valence-electron chi connectivity index (χ0n) is 20.3. The number of anilines is 1. The van der Waals surface area contributed by atoms with Crippen molar-refractivity contribution < 1.29 is 9.53 Å². The van der Waals surface area contributed by atoms with Crippen molar-refractivity contribution in [1.82, 2.24) is 4.98 Å². The fraction of sp³-hybridized carbons (Fsp3) is 0.241. The third-order valence-electron chi connectivity index (χ3n) is 5.65. The number of aromatic nitrogens is 1. The Kier molecular flexibility index (Phi) is 6.85. The Labute approximate surface area is 205 Å². The van der Waals surface area contributed by atoms with E-state index in [9.17, 15) is 4.79 Å². The van der Waals surface area contributed by atoms with Gasteiger partial charge in [-0.25, -0.2) is 4.98 Å². The van der Waals surface area contributed by atoms with Gasteiger partial charge in [-0.1, -0.05) is 74.9 Å². The minimum atomic E-state index is -0.191. The number of nitrogens with one attached hydrogen (secondary N) is 1. The first-order valence-electron chi connectivity index (χ1n) is 11.4. The maximum atomic E-state index is 12.5. The van der Waals surface area contributed by atoms with E-state index in [-0.39, 0.29) is 17.9 Å². The fourth-order valence-electron chi connectivity index (χ4n) is 3.76. The maximum Gasteiger partial charge on any atom is 0.262 e. The van der Waals surface area contributed by atoms with Gasteiger partial charge in [-0.05, 0) is 48.6 Å². The van der Waals surface area contributed by atoms with Crippen LogP contribution in [0, 0.1) is 13.8 Å². The van der Waals surface area contributed by atoms with E-state index < -0.39 is 0 Å². The number of carbonyl (C=O) groups is 1. The summed E-state index contributed by atoms with van der Waals surface area (Å²) >= 11 is 1.64. The molecule has 0 atom stereocenters. The van der Waals surface area contributed by atoms with Crippen LogP contribution in [0.15, 0.2) is 72.1 Å². The molecule has 4 aromatic rings. The van der Waals surface area contributed by atoms with Crippen LogP contribution in [0.1, 0.15) is 37.5 Å². The van der Waals surface area contributed by atoms with E-state index in [2.05, 4.69) is 63.5 Å². The monoisotopic (exact) mass is 470 g/mol. The Morgan fingerprint density at radius 2 is 1.74 bits per heavy atom. The van der Waals surface area contributed by atoms with E-state index in [0.717, 1.165) is 38.8 Å². The lowest BCUT2D eigenvalue weighted by atomic mass is 9.85. The molecule has 1 N–H and O–H groups in total. The molecule has 174 valence electrons. The molecule has 0 aliphatic heterocycles. The standard InChI is InChI=1S/C29H30N2O2S/c1-19-10-15-26(24(16-19)29(3,4)5)33-17-27(32)30-22-13-11-21(12-14-22)25-18-34-28(31-25)23-9-7-6-8-20(23)2/h6-16,18H,17H2,1-5H3,(H,30,32). The van der Waals surface area contributed by atoms with Gasteiger partial charge in [0.2, 0.25) is 0 Å². The molecule has 0 aliphatic rings. The highest BCUT2D eigenvalue weighted by Crippen LogP contribution is 2.33. The van der Waals surface area contributed by atoms with Gasteiger partial charge >= 0.3 is 0 Å². The second-order valence-corrected chi connectivity index (χ2v) is 10.4. The van der Waals surface area contributed by atoms with Crippen LogP contribution in [-0.2, 0) is 10.2 Å². The molecule has 0 aliphatic carbocycles. The van der Waals surface area contributed by atoms with Crippen LogP contribution in [0.3, 0.4) is 0 Å². The zero-order chi connectivity index (χ0) is 24.3. The highest BCUT2D eigenvalue weighted by Gasteiger charge is 2.20. The van der Waals surface area contributed by atoms with Gasteiger partial charge < -0.3 is 10.1 Å². The number of hydrogen-bond acceptors (Lipinski definition) is 4. The molecule has 0 saturated heterocycles. The van der Waals surface area contributed by atoms with Crippen LogP contribution >= 0.6 is 11.3 Å². The first-order valence-corrected chi connectivity index (χ1v) is 12.2. The van der Waals surface area contributed by atoms with Crippen molar-refractivity contribution >= 4 is 22.9 Å². The molecule has 34 heavy (non-hydrogen) atoms. The fourth-order valence-corrected chi connectivity index (χ4v) is 4.68. The summed E-state index contributed by atoms with van der Waals surface area (Å²) in [5, 5.41) is 5.99. The minimum Gasteiger partial charge on any atom is -0.483 e. The van der Waals surface area contributed by atoms with E-state index in [0.29, 0.717) is 0 Å². The number of carbonyl (C=O) groups excluding carboxylic acids is 1. The molecule has 0 spiro atoms. The van der Waals surface area contributed by atoms with Crippen molar-refractivity contribution in [3.63, 3.8) is 0 Å². The molecule has 1 amide bonds. The lowest BCUT2D eigenvalue weighted by Crippen LogP contribution is -2.22. The van der Waals surface area contributed by atoms with Crippen LogP contribution in [0.25, 0.3) is 21.8 Å². The molecule has 3 aromatic carbocycles. The van der Waals surface area contributed by atoms with E-state index in [1.165, 1.54) is 11.1 Å². The summed E-state index contributed by atoms with van der Waals surface area (Å²) < 4.78 is 5.88. The number of benzene rings is 3. The van der Waals surface area contributed by atoms with Gasteiger partial charge in [-0.2, -0.15) is 0 Å². The molecule has 0 radical (unpaired) electrons. The first-order chi connectivity index (χ1) is 16.2. The molecule has 5 heteroatoms. The Balaban J connectivity index is 1.39. The predicted molar refractivity (Wildman–Crippen MR) is 142 cm³/mol. The lowest BCUT2D eigenvalue weighted by Gasteiger charge is -2.23. The van der Waals surface area contributed by atoms with E-state index in [4.69, 9.17) is 9.72 Å². The molecule has 0 saturated carbocycles. The summed E-state index contributed by atoms with van der Waals surface area (Å²) in [7, 11) is 0. The van der Waals surface area contributed by atoms with Gasteiger partial charge in [0.15, 0.2) is 6.61 Å². The van der Waals surface area contributed by atoms with Gasteiger partial charge in [-0.15, -0.1) is 11.3 Å². The molecular formula is C29H30N2O2S. The van der Waals surface area contributed by atoms with Gasteiger partial charge in [0.1, 0.15) is 10.8 Å². The minimum absolute atomic E-state index is 0.0419. The first kappa shape index (κ1) is 23.7. The van der Waals surface area contributed by atoms with Crippen LogP contribution in [0.4, 0.5) is 5.69 Å². The lowest BCUT2D eigenvalue weighted by molar-refractivity contribution is -0.118. The van der Waals surface area contributed by atoms with Crippen molar-refractivity contribution in [2.45, 2.75) is 40.0 Å². The van der Waals surface area contributed by atoms with Crippen LogP contribution in [0.2, 0.25) is 0 Å². The summed E-state index contributed by atoms with van der Waals surface area (Å²) in [4.78, 5) is 17.3. The zero-order valence-corrected chi connectivity index (χ0v) is 21.1.